The molecule has 0 bridgehead atoms. The number of hydrogen-bond donors (Lipinski definition) is 2. The summed E-state index contributed by atoms with van der Waals surface area (Å²) in [7, 11) is 0. The second-order valence-electron chi connectivity index (χ2n) is 3.51. The van der Waals surface area contributed by atoms with E-state index in [9.17, 15) is 4.79 Å². The van der Waals surface area contributed by atoms with E-state index < -0.39 is 5.97 Å². The first-order valence-corrected chi connectivity index (χ1v) is 5.30. The van der Waals surface area contributed by atoms with Crippen LogP contribution in [-0.4, -0.2) is 17.6 Å². The molecule has 0 heterocycles. The van der Waals surface area contributed by atoms with Gasteiger partial charge in [-0.1, -0.05) is 30.3 Å². The molecule has 0 aromatic heterocycles. The Kier molecular flexibility index (Phi) is 4.52. The van der Waals surface area contributed by atoms with Gasteiger partial charge in [0.15, 0.2) is 0 Å². The average molecular weight is 240 g/mol. The molecule has 0 aliphatic heterocycles. The van der Waals surface area contributed by atoms with Gasteiger partial charge >= 0.3 is 5.97 Å². The summed E-state index contributed by atoms with van der Waals surface area (Å²) in [6.07, 6.45) is 1.67. The van der Waals surface area contributed by atoms with E-state index >= 15 is 0 Å². The van der Waals surface area contributed by atoms with Gasteiger partial charge in [-0.25, -0.2) is 0 Å². The molecule has 1 aromatic carbocycles. The number of aliphatic carboxylic acids is 1. The zero-order valence-electron chi connectivity index (χ0n) is 8.82. The maximum Gasteiger partial charge on any atom is 0.304 e. The molecule has 4 heteroatoms. The Hall–Kier alpha value is -1.32. The summed E-state index contributed by atoms with van der Waals surface area (Å²) in [6, 6.07) is 5.29. The summed E-state index contributed by atoms with van der Waals surface area (Å²) >= 11 is 5.85. The molecule has 0 spiro atoms. The van der Waals surface area contributed by atoms with Crippen molar-refractivity contribution in [2.24, 2.45) is 5.73 Å². The van der Waals surface area contributed by atoms with Gasteiger partial charge in [-0.2, -0.15) is 0 Å². The van der Waals surface area contributed by atoms with Crippen LogP contribution >= 0.6 is 11.6 Å². The highest BCUT2D eigenvalue weighted by molar-refractivity contribution is 6.30. The Morgan fingerprint density at radius 2 is 2.31 bits per heavy atom. The molecule has 0 aliphatic carbocycles. The van der Waals surface area contributed by atoms with Crippen LogP contribution in [0.1, 0.15) is 23.5 Å². The highest BCUT2D eigenvalue weighted by Crippen LogP contribution is 2.26. The van der Waals surface area contributed by atoms with Crippen molar-refractivity contribution in [1.82, 2.24) is 0 Å². The Labute approximate surface area is 99.5 Å². The Morgan fingerprint density at radius 3 is 2.81 bits per heavy atom. The molecule has 0 fully saturated rings. The van der Waals surface area contributed by atoms with Crippen molar-refractivity contribution in [1.29, 1.82) is 0 Å². The Balaban J connectivity index is 3.08. The maximum atomic E-state index is 10.7. The van der Waals surface area contributed by atoms with Crippen LogP contribution in [0.15, 0.2) is 24.8 Å². The first-order chi connectivity index (χ1) is 7.58. The minimum absolute atomic E-state index is 0.0129. The van der Waals surface area contributed by atoms with E-state index in [0.717, 1.165) is 11.1 Å². The van der Waals surface area contributed by atoms with E-state index in [1.807, 2.05) is 0 Å². The molecule has 86 valence electrons. The van der Waals surface area contributed by atoms with Gasteiger partial charge in [0.1, 0.15) is 0 Å². The highest BCUT2D eigenvalue weighted by atomic mass is 35.5. The summed E-state index contributed by atoms with van der Waals surface area (Å²) in [5, 5.41) is 9.39. The average Bonchev–Trinajstić information content (AvgIpc) is 2.25. The van der Waals surface area contributed by atoms with Crippen LogP contribution in [0.4, 0.5) is 0 Å². The van der Waals surface area contributed by atoms with Crippen molar-refractivity contribution in [3.8, 4) is 0 Å². The van der Waals surface area contributed by atoms with E-state index in [0.29, 0.717) is 5.02 Å². The van der Waals surface area contributed by atoms with Gasteiger partial charge in [-0.3, -0.25) is 4.79 Å². The van der Waals surface area contributed by atoms with Crippen molar-refractivity contribution in [2.75, 3.05) is 6.54 Å². The number of carboxylic acids is 1. The molecule has 0 amide bonds. The third-order valence-corrected chi connectivity index (χ3v) is 2.65. The van der Waals surface area contributed by atoms with E-state index in [2.05, 4.69) is 6.58 Å². The number of carbonyl (C=O) groups is 1. The third kappa shape index (κ3) is 3.08. The van der Waals surface area contributed by atoms with Crippen molar-refractivity contribution >= 4 is 23.6 Å². The first-order valence-electron chi connectivity index (χ1n) is 4.92. The van der Waals surface area contributed by atoms with E-state index in [4.69, 9.17) is 22.4 Å². The van der Waals surface area contributed by atoms with Crippen LogP contribution in [0.5, 0.6) is 0 Å². The zero-order chi connectivity index (χ0) is 12.1. The largest absolute Gasteiger partial charge is 0.481 e. The molecule has 1 aromatic rings. The van der Waals surface area contributed by atoms with Crippen molar-refractivity contribution in [3.05, 3.63) is 40.9 Å². The van der Waals surface area contributed by atoms with E-state index in [-0.39, 0.29) is 18.9 Å². The monoisotopic (exact) mass is 239 g/mol. The quantitative estimate of drug-likeness (QED) is 0.830. The van der Waals surface area contributed by atoms with Crippen LogP contribution in [0.3, 0.4) is 0 Å². The second-order valence-corrected chi connectivity index (χ2v) is 3.94. The van der Waals surface area contributed by atoms with Gasteiger partial charge in [-0.15, -0.1) is 0 Å². The molecular formula is C12H14ClNO2. The van der Waals surface area contributed by atoms with Gasteiger partial charge in [0.25, 0.3) is 0 Å². The second kappa shape index (κ2) is 5.68. The maximum absolute atomic E-state index is 10.7. The van der Waals surface area contributed by atoms with Gasteiger partial charge in [0.05, 0.1) is 6.42 Å². The summed E-state index contributed by atoms with van der Waals surface area (Å²) in [5.41, 5.74) is 7.30. The van der Waals surface area contributed by atoms with Crippen LogP contribution in [-0.2, 0) is 4.79 Å². The molecule has 0 unspecified atom stereocenters. The van der Waals surface area contributed by atoms with Gasteiger partial charge in [-0.05, 0) is 29.8 Å². The number of benzene rings is 1. The predicted octanol–water partition coefficient (Wildman–Crippen LogP) is 2.50. The molecular weight excluding hydrogens is 226 g/mol. The summed E-state index contributed by atoms with van der Waals surface area (Å²) in [6.45, 7) is 3.97. The minimum Gasteiger partial charge on any atom is -0.481 e. The zero-order valence-corrected chi connectivity index (χ0v) is 9.57. The lowest BCUT2D eigenvalue weighted by molar-refractivity contribution is -0.137. The van der Waals surface area contributed by atoms with Gasteiger partial charge < -0.3 is 10.8 Å². The highest BCUT2D eigenvalue weighted by Gasteiger charge is 2.16. The van der Waals surface area contributed by atoms with Crippen LogP contribution in [0.25, 0.3) is 6.08 Å². The fourth-order valence-corrected chi connectivity index (χ4v) is 1.81. The molecule has 16 heavy (non-hydrogen) atoms. The lowest BCUT2D eigenvalue weighted by atomic mass is 9.91. The van der Waals surface area contributed by atoms with Gasteiger partial charge in [0.2, 0.25) is 0 Å². The number of rotatable bonds is 5. The summed E-state index contributed by atoms with van der Waals surface area (Å²) in [4.78, 5) is 10.7. The molecule has 0 aliphatic rings. The first kappa shape index (κ1) is 12.7. The standard InChI is InChI=1S/C12H14ClNO2/c1-2-8-5-10(13)3-4-11(8)9(7-14)6-12(15)16/h2-5,9H,1,6-7,14H2,(H,15,16)/t9-/m0/s1. The number of hydrogen-bond acceptors (Lipinski definition) is 2. The van der Waals surface area contributed by atoms with Crippen molar-refractivity contribution in [3.63, 3.8) is 0 Å². The molecule has 0 saturated carbocycles. The summed E-state index contributed by atoms with van der Waals surface area (Å²) in [5.74, 6) is -1.07. The fraction of sp³-hybridized carbons (Fsp3) is 0.250. The van der Waals surface area contributed by atoms with Crippen molar-refractivity contribution < 1.29 is 9.90 Å². The fourth-order valence-electron chi connectivity index (χ4n) is 1.63. The van der Waals surface area contributed by atoms with E-state index in [1.165, 1.54) is 0 Å². The summed E-state index contributed by atoms with van der Waals surface area (Å²) < 4.78 is 0. The molecule has 0 radical (unpaired) electrons. The lowest BCUT2D eigenvalue weighted by Gasteiger charge is -2.15. The third-order valence-electron chi connectivity index (χ3n) is 2.41. The topological polar surface area (TPSA) is 63.3 Å². The molecule has 3 N–H and O–H groups in total. The van der Waals surface area contributed by atoms with Crippen LogP contribution in [0, 0.1) is 0 Å². The molecule has 1 rings (SSSR count). The number of carboxylic acid groups (broad SMARTS) is 1. The Morgan fingerprint density at radius 1 is 1.62 bits per heavy atom. The molecule has 1 atom stereocenters. The normalized spacial score (nSPS) is 12.1. The van der Waals surface area contributed by atoms with Crippen LogP contribution < -0.4 is 5.73 Å². The van der Waals surface area contributed by atoms with Gasteiger partial charge in [0, 0.05) is 10.9 Å². The predicted molar refractivity (Wildman–Crippen MR) is 65.6 cm³/mol. The number of halogens is 1. The van der Waals surface area contributed by atoms with Crippen LogP contribution in [0.2, 0.25) is 5.02 Å². The smallest absolute Gasteiger partial charge is 0.304 e. The minimum atomic E-state index is -0.861. The van der Waals surface area contributed by atoms with E-state index in [1.54, 1.807) is 24.3 Å². The Bertz CT molecular complexity index is 404. The lowest BCUT2D eigenvalue weighted by Crippen LogP contribution is -2.17. The SMILES string of the molecule is C=Cc1cc(Cl)ccc1[C@H](CN)CC(=O)O. The molecule has 3 nitrogen and oxygen atoms in total. The molecule has 0 saturated heterocycles. The number of nitrogens with two attached hydrogens (primary N) is 1. The van der Waals surface area contributed by atoms with Crippen molar-refractivity contribution in [2.45, 2.75) is 12.3 Å².